The monoisotopic (exact) mass is 277 g/mol. The Kier molecular flexibility index (Phi) is 3.96. The number of aryl methyl sites for hydroxylation is 1. The summed E-state index contributed by atoms with van der Waals surface area (Å²) in [5.41, 5.74) is 2.60. The summed E-state index contributed by atoms with van der Waals surface area (Å²) in [4.78, 5) is 2.35. The molecule has 3 rings (SSSR count). The molecule has 4 nitrogen and oxygen atoms in total. The zero-order valence-electron chi connectivity index (χ0n) is 12.2. The van der Waals surface area contributed by atoms with E-state index in [1.54, 1.807) is 0 Å². The molecule has 2 aliphatic heterocycles. The molecule has 4 heteroatoms. The van der Waals surface area contributed by atoms with Crippen LogP contribution in [0.2, 0.25) is 0 Å². The molecular weight excluding hydrogens is 254 g/mol. The third-order valence-electron chi connectivity index (χ3n) is 4.02. The first-order valence-electron chi connectivity index (χ1n) is 7.39. The van der Waals surface area contributed by atoms with E-state index in [0.29, 0.717) is 0 Å². The molecule has 3 atom stereocenters. The zero-order valence-corrected chi connectivity index (χ0v) is 12.2. The van der Waals surface area contributed by atoms with Gasteiger partial charge in [-0.3, -0.25) is 4.90 Å². The molecule has 2 aliphatic rings. The van der Waals surface area contributed by atoms with Gasteiger partial charge in [0.1, 0.15) is 11.9 Å². The van der Waals surface area contributed by atoms with Gasteiger partial charge in [0.05, 0.1) is 18.8 Å². The lowest BCUT2D eigenvalue weighted by molar-refractivity contribution is -0.0995. The Morgan fingerprint density at radius 3 is 2.95 bits per heavy atom. The van der Waals surface area contributed by atoms with Crippen LogP contribution in [0.3, 0.4) is 0 Å². The predicted octanol–water partition coefficient (Wildman–Crippen LogP) is 1.38. The highest BCUT2D eigenvalue weighted by Gasteiger charge is 2.30. The summed E-state index contributed by atoms with van der Waals surface area (Å²) >= 11 is 0. The summed E-state index contributed by atoms with van der Waals surface area (Å²) in [5.74, 6) is 1.03. The summed E-state index contributed by atoms with van der Waals surface area (Å²) in [7, 11) is 0. The van der Waals surface area contributed by atoms with Crippen molar-refractivity contribution in [2.45, 2.75) is 38.6 Å². The Bertz CT molecular complexity index is 477. The first-order chi connectivity index (χ1) is 9.64. The van der Waals surface area contributed by atoms with E-state index in [-0.39, 0.29) is 24.9 Å². The fraction of sp³-hybridized carbons (Fsp3) is 0.625. The summed E-state index contributed by atoms with van der Waals surface area (Å²) in [6.45, 7) is 6.86. The maximum absolute atomic E-state index is 9.28. The number of aliphatic hydroxyl groups is 1. The number of benzene rings is 1. The van der Waals surface area contributed by atoms with Gasteiger partial charge in [-0.25, -0.2) is 0 Å². The normalized spacial score (nSPS) is 30.1. The predicted molar refractivity (Wildman–Crippen MR) is 77.2 cm³/mol. The molecule has 110 valence electrons. The van der Waals surface area contributed by atoms with Crippen LogP contribution in [0.25, 0.3) is 0 Å². The highest BCUT2D eigenvalue weighted by atomic mass is 16.5. The van der Waals surface area contributed by atoms with E-state index >= 15 is 0 Å². The van der Waals surface area contributed by atoms with Gasteiger partial charge in [0, 0.05) is 26.1 Å². The zero-order chi connectivity index (χ0) is 14.1. The van der Waals surface area contributed by atoms with E-state index in [2.05, 4.69) is 36.9 Å². The Morgan fingerprint density at radius 1 is 1.30 bits per heavy atom. The Labute approximate surface area is 120 Å². The molecule has 1 saturated heterocycles. The Balaban J connectivity index is 1.60. The molecule has 0 aromatic heterocycles. The summed E-state index contributed by atoms with van der Waals surface area (Å²) in [6.07, 6.45) is 1.31. The minimum absolute atomic E-state index is 0.0650. The second-order valence-corrected chi connectivity index (χ2v) is 6.02. The van der Waals surface area contributed by atoms with Gasteiger partial charge in [-0.2, -0.15) is 0 Å². The van der Waals surface area contributed by atoms with Crippen LogP contribution in [0.5, 0.6) is 5.75 Å². The molecule has 0 spiro atoms. The third-order valence-corrected chi connectivity index (χ3v) is 4.02. The van der Waals surface area contributed by atoms with Crippen molar-refractivity contribution in [1.29, 1.82) is 0 Å². The highest BCUT2D eigenvalue weighted by Crippen LogP contribution is 2.30. The number of ether oxygens (including phenoxy) is 2. The largest absolute Gasteiger partial charge is 0.488 e. The SMILES string of the molecule is Cc1ccc2c(c1)CC(CN1CC(C)OC(CO)C1)O2. The van der Waals surface area contributed by atoms with Crippen LogP contribution >= 0.6 is 0 Å². The number of morpholine rings is 1. The van der Waals surface area contributed by atoms with E-state index < -0.39 is 0 Å². The van der Waals surface area contributed by atoms with Crippen molar-refractivity contribution in [3.63, 3.8) is 0 Å². The third kappa shape index (κ3) is 2.97. The van der Waals surface area contributed by atoms with Gasteiger partial charge in [0.2, 0.25) is 0 Å². The highest BCUT2D eigenvalue weighted by molar-refractivity contribution is 5.40. The number of aliphatic hydroxyl groups excluding tert-OH is 1. The van der Waals surface area contributed by atoms with E-state index in [9.17, 15) is 5.11 Å². The molecule has 0 aliphatic carbocycles. The molecule has 1 aromatic rings. The van der Waals surface area contributed by atoms with E-state index in [0.717, 1.165) is 31.8 Å². The molecular formula is C16H23NO3. The lowest BCUT2D eigenvalue weighted by Crippen LogP contribution is -2.50. The van der Waals surface area contributed by atoms with Crippen molar-refractivity contribution < 1.29 is 14.6 Å². The second kappa shape index (κ2) is 5.72. The lowest BCUT2D eigenvalue weighted by atomic mass is 10.1. The standard InChI is InChI=1S/C16H23NO3/c1-11-3-4-16-13(5-11)6-14(20-16)8-17-7-12(2)19-15(9-17)10-18/h3-5,12,14-15,18H,6-10H2,1-2H3. The average molecular weight is 277 g/mol. The van der Waals surface area contributed by atoms with E-state index in [1.807, 2.05) is 0 Å². The molecule has 2 heterocycles. The molecule has 20 heavy (non-hydrogen) atoms. The number of fused-ring (bicyclic) bond motifs is 1. The summed E-state index contributed by atoms with van der Waals surface area (Å²) in [5, 5.41) is 9.28. The number of nitrogens with zero attached hydrogens (tertiary/aromatic N) is 1. The molecule has 0 bridgehead atoms. The summed E-state index contributed by atoms with van der Waals surface area (Å²) in [6, 6.07) is 6.39. The van der Waals surface area contributed by atoms with E-state index in [4.69, 9.17) is 9.47 Å². The first-order valence-corrected chi connectivity index (χ1v) is 7.39. The van der Waals surface area contributed by atoms with Crippen LogP contribution in [0, 0.1) is 6.92 Å². The van der Waals surface area contributed by atoms with Crippen LogP contribution in [0.4, 0.5) is 0 Å². The molecule has 0 saturated carbocycles. The smallest absolute Gasteiger partial charge is 0.123 e. The van der Waals surface area contributed by atoms with Gasteiger partial charge in [0.15, 0.2) is 0 Å². The van der Waals surface area contributed by atoms with Crippen LogP contribution in [-0.2, 0) is 11.2 Å². The minimum Gasteiger partial charge on any atom is -0.488 e. The van der Waals surface area contributed by atoms with Gasteiger partial charge in [-0.1, -0.05) is 17.7 Å². The minimum atomic E-state index is -0.0650. The Hall–Kier alpha value is -1.10. The Morgan fingerprint density at radius 2 is 2.15 bits per heavy atom. The molecule has 1 fully saturated rings. The molecule has 1 aromatic carbocycles. The van der Waals surface area contributed by atoms with Gasteiger partial charge in [-0.15, -0.1) is 0 Å². The average Bonchev–Trinajstić information content (AvgIpc) is 2.79. The fourth-order valence-corrected chi connectivity index (χ4v) is 3.23. The van der Waals surface area contributed by atoms with Gasteiger partial charge in [0.25, 0.3) is 0 Å². The van der Waals surface area contributed by atoms with Crippen molar-refractivity contribution in [1.82, 2.24) is 4.90 Å². The van der Waals surface area contributed by atoms with Crippen LogP contribution in [-0.4, -0.2) is 54.6 Å². The number of rotatable bonds is 3. The van der Waals surface area contributed by atoms with Gasteiger partial charge >= 0.3 is 0 Å². The summed E-state index contributed by atoms with van der Waals surface area (Å²) < 4.78 is 11.7. The second-order valence-electron chi connectivity index (χ2n) is 6.02. The molecule has 0 amide bonds. The van der Waals surface area contributed by atoms with Gasteiger partial charge in [-0.05, 0) is 25.5 Å². The van der Waals surface area contributed by atoms with Crippen LogP contribution in [0.1, 0.15) is 18.1 Å². The van der Waals surface area contributed by atoms with Crippen LogP contribution in [0.15, 0.2) is 18.2 Å². The first kappa shape index (κ1) is 13.9. The van der Waals surface area contributed by atoms with Crippen molar-refractivity contribution >= 4 is 0 Å². The number of hydrogen-bond donors (Lipinski definition) is 1. The topological polar surface area (TPSA) is 41.9 Å². The van der Waals surface area contributed by atoms with E-state index in [1.165, 1.54) is 11.1 Å². The number of hydrogen-bond acceptors (Lipinski definition) is 4. The van der Waals surface area contributed by atoms with Crippen LogP contribution < -0.4 is 4.74 Å². The molecule has 3 unspecified atom stereocenters. The van der Waals surface area contributed by atoms with Crippen molar-refractivity contribution in [3.05, 3.63) is 29.3 Å². The fourth-order valence-electron chi connectivity index (χ4n) is 3.23. The van der Waals surface area contributed by atoms with Crippen molar-refractivity contribution in [3.8, 4) is 5.75 Å². The van der Waals surface area contributed by atoms with Crippen molar-refractivity contribution in [2.75, 3.05) is 26.2 Å². The molecule has 0 radical (unpaired) electrons. The van der Waals surface area contributed by atoms with Crippen molar-refractivity contribution in [2.24, 2.45) is 0 Å². The molecule has 1 N–H and O–H groups in total. The quantitative estimate of drug-likeness (QED) is 0.906. The van der Waals surface area contributed by atoms with Gasteiger partial charge < -0.3 is 14.6 Å². The maximum Gasteiger partial charge on any atom is 0.123 e. The lowest BCUT2D eigenvalue weighted by Gasteiger charge is -2.37. The maximum atomic E-state index is 9.28.